The third kappa shape index (κ3) is 31.8. The van der Waals surface area contributed by atoms with Crippen molar-refractivity contribution in [2.45, 2.75) is 381 Å². The predicted molar refractivity (Wildman–Crippen MR) is 348 cm³/mol. The SMILES string of the molecule is CCCCCCCCCCCCCCCCCC/C=C/C(O)C(COC1OC(CO)C(OC2OC(CO)C(O)C(OC3(C(=O)O)CC(O)C(NC(C)=O)C(C(O)C(O)CO)O3)C2O)C(O)C1O)NC(=O)CCCCCCCCCCCCCCCCCCCCCC. The lowest BCUT2D eigenvalue weighted by Gasteiger charge is -2.50. The molecule has 14 N–H and O–H groups in total. The van der Waals surface area contributed by atoms with Crippen LogP contribution in [0.2, 0.25) is 0 Å². The number of carbonyl (C=O) groups excluding carboxylic acids is 2. The Balaban J connectivity index is 1.59. The van der Waals surface area contributed by atoms with E-state index in [1.54, 1.807) is 6.08 Å². The summed E-state index contributed by atoms with van der Waals surface area (Å²) >= 11 is 0. The van der Waals surface area contributed by atoms with Gasteiger partial charge >= 0.3 is 5.97 Å². The van der Waals surface area contributed by atoms with Crippen LogP contribution in [0, 0.1) is 0 Å². The Morgan fingerprint density at radius 1 is 0.565 bits per heavy atom. The second-order valence-electron chi connectivity index (χ2n) is 26.5. The van der Waals surface area contributed by atoms with Crippen molar-refractivity contribution >= 4 is 17.8 Å². The first-order valence-corrected chi connectivity index (χ1v) is 36.1. The number of hydrogen-bond acceptors (Lipinski definition) is 20. The number of aliphatic carboxylic acids is 1. The largest absolute Gasteiger partial charge is 0.477 e. The zero-order chi connectivity index (χ0) is 67.5. The van der Waals surface area contributed by atoms with Crippen molar-refractivity contribution in [1.82, 2.24) is 10.6 Å². The molecule has 0 aromatic carbocycles. The van der Waals surface area contributed by atoms with E-state index in [4.69, 9.17) is 28.4 Å². The Hall–Kier alpha value is -2.53. The summed E-state index contributed by atoms with van der Waals surface area (Å²) in [6, 6.07) is -2.61. The van der Waals surface area contributed by atoms with Gasteiger partial charge < -0.3 is 100 Å². The summed E-state index contributed by atoms with van der Waals surface area (Å²) in [7, 11) is 0. The van der Waals surface area contributed by atoms with E-state index >= 15 is 0 Å². The minimum absolute atomic E-state index is 0.205. The van der Waals surface area contributed by atoms with Crippen LogP contribution < -0.4 is 10.6 Å². The average molecular weight is 1320 g/mol. The molecule has 18 unspecified atom stereocenters. The fourth-order valence-corrected chi connectivity index (χ4v) is 12.7. The molecule has 0 aromatic rings. The van der Waals surface area contributed by atoms with Gasteiger partial charge in [-0.1, -0.05) is 244 Å². The van der Waals surface area contributed by atoms with Gasteiger partial charge in [-0.3, -0.25) is 9.59 Å². The minimum Gasteiger partial charge on any atom is -0.477 e. The molecular formula is C69H128N2O21. The number of carboxylic acid groups (broad SMARTS) is 1. The van der Waals surface area contributed by atoms with Crippen molar-refractivity contribution in [3.63, 3.8) is 0 Å². The van der Waals surface area contributed by atoms with Crippen LogP contribution in [-0.2, 0) is 42.8 Å². The summed E-state index contributed by atoms with van der Waals surface area (Å²) in [5, 5.41) is 136. The van der Waals surface area contributed by atoms with Gasteiger partial charge in [-0.15, -0.1) is 0 Å². The summed E-state index contributed by atoms with van der Waals surface area (Å²) < 4.78 is 34.8. The van der Waals surface area contributed by atoms with Crippen LogP contribution in [0.5, 0.6) is 0 Å². The first-order chi connectivity index (χ1) is 44.4. The Morgan fingerprint density at radius 2 is 1.01 bits per heavy atom. The highest BCUT2D eigenvalue weighted by Gasteiger charge is 2.60. The molecule has 92 heavy (non-hydrogen) atoms. The number of aliphatic hydroxyl groups excluding tert-OH is 11. The van der Waals surface area contributed by atoms with E-state index in [-0.39, 0.29) is 12.3 Å². The third-order valence-corrected chi connectivity index (χ3v) is 18.5. The number of nitrogens with one attached hydrogen (secondary N) is 2. The Morgan fingerprint density at radius 3 is 1.45 bits per heavy atom. The van der Waals surface area contributed by atoms with Gasteiger partial charge in [0.25, 0.3) is 5.79 Å². The topological polar surface area (TPSA) is 373 Å². The maximum atomic E-state index is 13.5. The summed E-state index contributed by atoms with van der Waals surface area (Å²) in [5.74, 6) is -6.13. The molecule has 0 aliphatic carbocycles. The van der Waals surface area contributed by atoms with Crippen molar-refractivity contribution in [3.8, 4) is 0 Å². The van der Waals surface area contributed by atoms with E-state index in [0.717, 1.165) is 51.9 Å². The van der Waals surface area contributed by atoms with Gasteiger partial charge in [0.05, 0.1) is 50.7 Å². The number of ether oxygens (including phenoxy) is 6. The number of aliphatic hydroxyl groups is 11. The predicted octanol–water partition coefficient (Wildman–Crippen LogP) is 7.07. The van der Waals surface area contributed by atoms with Gasteiger partial charge in [0.15, 0.2) is 12.6 Å². The first kappa shape index (κ1) is 83.7. The molecule has 23 heteroatoms. The molecule has 3 rings (SSSR count). The zero-order valence-corrected chi connectivity index (χ0v) is 56.4. The van der Waals surface area contributed by atoms with E-state index < -0.39 is 155 Å². The minimum atomic E-state index is -3.08. The summed E-state index contributed by atoms with van der Waals surface area (Å²) in [6.07, 6.45) is 19.6. The maximum Gasteiger partial charge on any atom is 0.364 e. The number of allylic oxidation sites excluding steroid dienone is 1. The van der Waals surface area contributed by atoms with Crippen LogP contribution in [0.25, 0.3) is 0 Å². The second kappa shape index (κ2) is 49.9. The molecule has 0 spiro atoms. The molecule has 3 heterocycles. The summed E-state index contributed by atoms with van der Waals surface area (Å²) in [5.41, 5.74) is 0. The van der Waals surface area contributed by atoms with Crippen LogP contribution in [-0.4, -0.2) is 215 Å². The van der Waals surface area contributed by atoms with E-state index in [2.05, 4.69) is 24.5 Å². The van der Waals surface area contributed by atoms with E-state index in [1.165, 1.54) is 180 Å². The molecule has 3 aliphatic rings. The lowest BCUT2D eigenvalue weighted by atomic mass is 9.88. The van der Waals surface area contributed by atoms with Crippen molar-refractivity contribution < 1.29 is 104 Å². The van der Waals surface area contributed by atoms with E-state index in [0.29, 0.717) is 12.8 Å². The summed E-state index contributed by atoms with van der Waals surface area (Å²) in [6.45, 7) is 2.16. The molecule has 0 aromatic heterocycles. The molecule has 3 saturated heterocycles. The number of carbonyl (C=O) groups is 3. The third-order valence-electron chi connectivity index (χ3n) is 18.5. The normalized spacial score (nSPS) is 28.3. The molecule has 0 bridgehead atoms. The quantitative estimate of drug-likeness (QED) is 0.0214. The van der Waals surface area contributed by atoms with Gasteiger partial charge in [-0.2, -0.15) is 0 Å². The number of carboxylic acids is 1. The molecule has 23 nitrogen and oxygen atoms in total. The van der Waals surface area contributed by atoms with Gasteiger partial charge in [-0.25, -0.2) is 4.79 Å². The van der Waals surface area contributed by atoms with Gasteiger partial charge in [-0.05, 0) is 19.3 Å². The first-order valence-electron chi connectivity index (χ1n) is 36.1. The second-order valence-corrected chi connectivity index (χ2v) is 26.5. The van der Waals surface area contributed by atoms with Crippen LogP contribution in [0.3, 0.4) is 0 Å². The Kier molecular flexibility index (Phi) is 45.4. The fourth-order valence-electron chi connectivity index (χ4n) is 12.7. The Bertz CT molecular complexity index is 1910. The highest BCUT2D eigenvalue weighted by Crippen LogP contribution is 2.39. The van der Waals surface area contributed by atoms with Gasteiger partial charge in [0.2, 0.25) is 11.8 Å². The van der Waals surface area contributed by atoms with Gasteiger partial charge in [0, 0.05) is 19.8 Å². The van der Waals surface area contributed by atoms with Crippen LogP contribution in [0.1, 0.15) is 271 Å². The number of hydrogen-bond donors (Lipinski definition) is 14. The molecule has 0 saturated carbocycles. The van der Waals surface area contributed by atoms with Crippen molar-refractivity contribution in [3.05, 3.63) is 12.2 Å². The number of rotatable bonds is 55. The highest BCUT2D eigenvalue weighted by atomic mass is 16.8. The molecule has 0 radical (unpaired) electrons. The lowest BCUT2D eigenvalue weighted by molar-refractivity contribution is -0.386. The van der Waals surface area contributed by atoms with Crippen LogP contribution in [0.15, 0.2) is 12.2 Å². The van der Waals surface area contributed by atoms with Crippen molar-refractivity contribution in [1.29, 1.82) is 0 Å². The molecular weight excluding hydrogens is 1190 g/mol. The Labute approximate surface area is 550 Å². The van der Waals surface area contributed by atoms with Crippen LogP contribution >= 0.6 is 0 Å². The lowest BCUT2D eigenvalue weighted by Crippen LogP contribution is -2.70. The zero-order valence-electron chi connectivity index (χ0n) is 56.4. The molecule has 3 fully saturated rings. The molecule has 540 valence electrons. The standard InChI is InChI=1S/C69H128N2O21/c1-4-6-8-10-12-14-16-18-20-22-24-25-27-29-31-33-35-37-39-41-43-56(79)71-50(51(76)42-40-38-36-34-32-30-28-26-23-21-19-17-15-13-11-9-7-5-2)48-87-66-61(83)60(82)63(55(47-74)89-66)90-67-62(84)65(59(81)54(46-73)88-67)92-69(68(85)86)44-52(77)57(70-49(3)75)64(91-69)58(80)53(78)45-72/h40,42,50-55,57-67,72-74,76-78,80-84H,4-39,41,43-48H2,1-3H3,(H,70,75)(H,71,79)(H,85,86)/b42-40+. The van der Waals surface area contributed by atoms with Crippen molar-refractivity contribution in [2.75, 3.05) is 26.4 Å². The van der Waals surface area contributed by atoms with Crippen LogP contribution in [0.4, 0.5) is 0 Å². The maximum absolute atomic E-state index is 13.5. The summed E-state index contributed by atoms with van der Waals surface area (Å²) in [4.78, 5) is 38.6. The van der Waals surface area contributed by atoms with E-state index in [9.17, 15) is 75.7 Å². The smallest absolute Gasteiger partial charge is 0.364 e. The van der Waals surface area contributed by atoms with Crippen molar-refractivity contribution in [2.24, 2.45) is 0 Å². The number of amides is 2. The molecule has 3 aliphatic heterocycles. The highest BCUT2D eigenvalue weighted by molar-refractivity contribution is 5.77. The monoisotopic (exact) mass is 1320 g/mol. The van der Waals surface area contributed by atoms with E-state index in [1.807, 2.05) is 6.08 Å². The van der Waals surface area contributed by atoms with Gasteiger partial charge in [0.1, 0.15) is 67.1 Å². The number of unbranched alkanes of at least 4 members (excludes halogenated alkanes) is 35. The molecule has 2 amide bonds. The average Bonchev–Trinajstić information content (AvgIpc) is 0.768. The fraction of sp³-hybridized carbons (Fsp3) is 0.928. The molecule has 18 atom stereocenters.